The molecule has 1 aromatic rings. The summed E-state index contributed by atoms with van der Waals surface area (Å²) < 4.78 is 1.00. The van der Waals surface area contributed by atoms with Crippen LogP contribution >= 0.6 is 27.5 Å². The van der Waals surface area contributed by atoms with Gasteiger partial charge in [0.25, 0.3) is 0 Å². The lowest BCUT2D eigenvalue weighted by molar-refractivity contribution is 0.127. The number of aliphatic hydroxyl groups is 1. The molecule has 102 valence electrons. The van der Waals surface area contributed by atoms with E-state index >= 15 is 0 Å². The third-order valence-electron chi connectivity index (χ3n) is 3.74. The molecule has 1 rings (SSSR count). The van der Waals surface area contributed by atoms with Crippen LogP contribution in [-0.4, -0.2) is 18.3 Å². The molecule has 2 N–H and O–H groups in total. The van der Waals surface area contributed by atoms with E-state index < -0.39 is 0 Å². The Hall–Kier alpha value is -0.250. The molecular formula is C14H21BrClNO. The monoisotopic (exact) mass is 333 g/mol. The van der Waals surface area contributed by atoms with Crippen LogP contribution in [0.5, 0.6) is 0 Å². The SMILES string of the molecule is CCC(CC)(CO)CNc1cc(Cl)c(C)cc1Br. The molecule has 0 amide bonds. The van der Waals surface area contributed by atoms with Crippen LogP contribution in [0.25, 0.3) is 0 Å². The molecule has 18 heavy (non-hydrogen) atoms. The third kappa shape index (κ3) is 3.62. The average Bonchev–Trinajstić information content (AvgIpc) is 2.37. The van der Waals surface area contributed by atoms with Crippen molar-refractivity contribution in [1.29, 1.82) is 0 Å². The van der Waals surface area contributed by atoms with Crippen LogP contribution in [0.2, 0.25) is 5.02 Å². The number of aliphatic hydroxyl groups excluding tert-OH is 1. The van der Waals surface area contributed by atoms with E-state index in [1.807, 2.05) is 19.1 Å². The highest BCUT2D eigenvalue weighted by atomic mass is 79.9. The summed E-state index contributed by atoms with van der Waals surface area (Å²) >= 11 is 9.66. The molecule has 2 nitrogen and oxygen atoms in total. The maximum absolute atomic E-state index is 9.54. The molecule has 1 aromatic carbocycles. The maximum atomic E-state index is 9.54. The van der Waals surface area contributed by atoms with Gasteiger partial charge in [0.2, 0.25) is 0 Å². The van der Waals surface area contributed by atoms with Crippen molar-refractivity contribution in [3.63, 3.8) is 0 Å². The van der Waals surface area contributed by atoms with Gasteiger partial charge in [0, 0.05) is 27.1 Å². The normalized spacial score (nSPS) is 11.7. The predicted octanol–water partition coefficient (Wildman–Crippen LogP) is 4.62. The summed E-state index contributed by atoms with van der Waals surface area (Å²) in [5, 5.41) is 13.7. The first-order valence-corrected chi connectivity index (χ1v) is 7.45. The van der Waals surface area contributed by atoms with Gasteiger partial charge in [-0.3, -0.25) is 0 Å². The van der Waals surface area contributed by atoms with Crippen LogP contribution in [0.1, 0.15) is 32.3 Å². The Morgan fingerprint density at radius 3 is 2.44 bits per heavy atom. The highest BCUT2D eigenvalue weighted by Gasteiger charge is 2.25. The first-order chi connectivity index (χ1) is 8.48. The second kappa shape index (κ2) is 6.78. The highest BCUT2D eigenvalue weighted by molar-refractivity contribution is 9.10. The number of hydrogen-bond donors (Lipinski definition) is 2. The first-order valence-electron chi connectivity index (χ1n) is 6.28. The van der Waals surface area contributed by atoms with Crippen molar-refractivity contribution in [2.24, 2.45) is 5.41 Å². The van der Waals surface area contributed by atoms with Crippen LogP contribution in [0.4, 0.5) is 5.69 Å². The minimum atomic E-state index is -0.0587. The fraction of sp³-hybridized carbons (Fsp3) is 0.571. The van der Waals surface area contributed by atoms with Crippen LogP contribution < -0.4 is 5.32 Å². The van der Waals surface area contributed by atoms with E-state index in [9.17, 15) is 5.11 Å². The summed E-state index contributed by atoms with van der Waals surface area (Å²) in [6, 6.07) is 3.93. The van der Waals surface area contributed by atoms with Crippen LogP contribution in [0, 0.1) is 12.3 Å². The zero-order valence-corrected chi connectivity index (χ0v) is 13.5. The summed E-state index contributed by atoms with van der Waals surface area (Å²) in [6.07, 6.45) is 1.90. The van der Waals surface area contributed by atoms with Crippen molar-refractivity contribution in [3.8, 4) is 0 Å². The van der Waals surface area contributed by atoms with Gasteiger partial charge in [-0.05, 0) is 53.4 Å². The molecule has 4 heteroatoms. The predicted molar refractivity (Wildman–Crippen MR) is 82.5 cm³/mol. The van der Waals surface area contributed by atoms with Crippen LogP contribution in [-0.2, 0) is 0 Å². The summed E-state index contributed by atoms with van der Waals surface area (Å²) in [6.45, 7) is 7.14. The molecule has 0 fully saturated rings. The van der Waals surface area contributed by atoms with E-state index in [1.165, 1.54) is 0 Å². The van der Waals surface area contributed by atoms with Gasteiger partial charge in [0.15, 0.2) is 0 Å². The number of aryl methyl sites for hydroxylation is 1. The van der Waals surface area contributed by atoms with Gasteiger partial charge in [-0.15, -0.1) is 0 Å². The molecule has 0 heterocycles. The Morgan fingerprint density at radius 2 is 1.94 bits per heavy atom. The molecule has 0 radical (unpaired) electrons. The van der Waals surface area contributed by atoms with Gasteiger partial charge in [-0.1, -0.05) is 25.4 Å². The number of hydrogen-bond acceptors (Lipinski definition) is 2. The summed E-state index contributed by atoms with van der Waals surface area (Å²) in [5.41, 5.74) is 1.97. The molecule has 0 saturated carbocycles. The molecule has 0 saturated heterocycles. The van der Waals surface area contributed by atoms with Gasteiger partial charge in [-0.25, -0.2) is 0 Å². The molecular weight excluding hydrogens is 314 g/mol. The maximum Gasteiger partial charge on any atom is 0.0504 e. The molecule has 0 spiro atoms. The molecule has 0 aliphatic heterocycles. The zero-order valence-electron chi connectivity index (χ0n) is 11.2. The van der Waals surface area contributed by atoms with Crippen molar-refractivity contribution in [3.05, 3.63) is 27.2 Å². The summed E-state index contributed by atoms with van der Waals surface area (Å²) in [4.78, 5) is 0. The lowest BCUT2D eigenvalue weighted by Gasteiger charge is -2.30. The second-order valence-electron chi connectivity index (χ2n) is 4.80. The summed E-state index contributed by atoms with van der Waals surface area (Å²) in [5.74, 6) is 0. The van der Waals surface area contributed by atoms with Gasteiger partial charge in [0.1, 0.15) is 0 Å². The Balaban J connectivity index is 2.83. The van der Waals surface area contributed by atoms with Gasteiger partial charge in [-0.2, -0.15) is 0 Å². The standard InChI is InChI=1S/C14H21BrClNO/c1-4-14(5-2,9-18)8-17-13-7-12(16)10(3)6-11(13)15/h6-7,17-18H,4-5,8-9H2,1-3H3. The fourth-order valence-corrected chi connectivity index (χ4v) is 2.61. The van der Waals surface area contributed by atoms with Gasteiger partial charge in [0.05, 0.1) is 6.61 Å². The molecule has 0 aromatic heterocycles. The largest absolute Gasteiger partial charge is 0.396 e. The van der Waals surface area contributed by atoms with Crippen molar-refractivity contribution in [2.45, 2.75) is 33.6 Å². The van der Waals surface area contributed by atoms with Crippen molar-refractivity contribution >= 4 is 33.2 Å². The molecule has 0 aliphatic carbocycles. The molecule has 0 bridgehead atoms. The average molecular weight is 335 g/mol. The zero-order chi connectivity index (χ0) is 13.8. The van der Waals surface area contributed by atoms with Gasteiger partial charge < -0.3 is 10.4 Å². The Labute approximate surface area is 123 Å². The van der Waals surface area contributed by atoms with Crippen molar-refractivity contribution in [2.75, 3.05) is 18.5 Å². The number of anilines is 1. The molecule has 0 atom stereocenters. The molecule has 0 aliphatic rings. The Bertz CT molecular complexity index is 397. The van der Waals surface area contributed by atoms with E-state index in [4.69, 9.17) is 11.6 Å². The topological polar surface area (TPSA) is 32.3 Å². The van der Waals surface area contributed by atoms with E-state index in [0.29, 0.717) is 0 Å². The van der Waals surface area contributed by atoms with Crippen molar-refractivity contribution in [1.82, 2.24) is 0 Å². The second-order valence-corrected chi connectivity index (χ2v) is 6.06. The molecule has 0 unspecified atom stereocenters. The van der Waals surface area contributed by atoms with Gasteiger partial charge >= 0.3 is 0 Å². The number of nitrogens with one attached hydrogen (secondary N) is 1. The summed E-state index contributed by atoms with van der Waals surface area (Å²) in [7, 11) is 0. The first kappa shape index (κ1) is 15.8. The van der Waals surface area contributed by atoms with E-state index in [0.717, 1.165) is 40.1 Å². The Kier molecular flexibility index (Phi) is 5.96. The minimum absolute atomic E-state index is 0.0587. The highest BCUT2D eigenvalue weighted by Crippen LogP contribution is 2.31. The van der Waals surface area contributed by atoms with E-state index in [-0.39, 0.29) is 12.0 Å². The van der Waals surface area contributed by atoms with Crippen LogP contribution in [0.3, 0.4) is 0 Å². The Morgan fingerprint density at radius 1 is 1.33 bits per heavy atom. The lowest BCUT2D eigenvalue weighted by atomic mass is 9.83. The third-order valence-corrected chi connectivity index (χ3v) is 4.80. The van der Waals surface area contributed by atoms with E-state index in [2.05, 4.69) is 35.1 Å². The van der Waals surface area contributed by atoms with E-state index in [1.54, 1.807) is 0 Å². The fourth-order valence-electron chi connectivity index (χ4n) is 1.84. The van der Waals surface area contributed by atoms with Crippen molar-refractivity contribution < 1.29 is 5.11 Å². The number of rotatable bonds is 6. The number of halogens is 2. The lowest BCUT2D eigenvalue weighted by Crippen LogP contribution is -2.32. The van der Waals surface area contributed by atoms with Crippen LogP contribution in [0.15, 0.2) is 16.6 Å². The smallest absolute Gasteiger partial charge is 0.0504 e. The minimum Gasteiger partial charge on any atom is -0.396 e. The quantitative estimate of drug-likeness (QED) is 0.795. The number of benzene rings is 1.